The van der Waals surface area contributed by atoms with Crippen molar-refractivity contribution in [3.05, 3.63) is 52.2 Å². The molecule has 1 saturated heterocycles. The number of hydrogen-bond acceptors (Lipinski definition) is 5. The predicted molar refractivity (Wildman–Crippen MR) is 123 cm³/mol. The van der Waals surface area contributed by atoms with Crippen LogP contribution in [0.3, 0.4) is 0 Å². The molecule has 1 fully saturated rings. The summed E-state index contributed by atoms with van der Waals surface area (Å²) in [6.45, 7) is 3.63. The Hall–Kier alpha value is -1.94. The number of likely N-dealkylation sites (tertiary alicyclic amines) is 1. The average molecular weight is 450 g/mol. The summed E-state index contributed by atoms with van der Waals surface area (Å²) in [5.41, 5.74) is 0.991. The molecule has 1 aliphatic heterocycles. The summed E-state index contributed by atoms with van der Waals surface area (Å²) in [5.74, 6) is 0.737. The van der Waals surface area contributed by atoms with Gasteiger partial charge in [0.15, 0.2) is 5.96 Å². The maximum absolute atomic E-state index is 12.2. The van der Waals surface area contributed by atoms with E-state index in [0.717, 1.165) is 31.2 Å². The molecule has 0 spiro atoms. The van der Waals surface area contributed by atoms with Gasteiger partial charge in [0.05, 0.1) is 10.9 Å². The SMILES string of the molecule is CN=C(NCc1ccc(S(=O)(=O)N(C)C)cc1)NCC(c1cccs1)N1CCCC1. The van der Waals surface area contributed by atoms with Gasteiger partial charge in [0, 0.05) is 39.1 Å². The van der Waals surface area contributed by atoms with E-state index in [4.69, 9.17) is 0 Å². The molecule has 2 aromatic rings. The van der Waals surface area contributed by atoms with Gasteiger partial charge in [-0.15, -0.1) is 11.3 Å². The van der Waals surface area contributed by atoms with Crippen LogP contribution >= 0.6 is 11.3 Å². The highest BCUT2D eigenvalue weighted by Crippen LogP contribution is 2.27. The molecule has 1 aromatic heterocycles. The number of nitrogens with zero attached hydrogens (tertiary/aromatic N) is 3. The molecule has 164 valence electrons. The first-order chi connectivity index (χ1) is 14.4. The molecular weight excluding hydrogens is 418 g/mol. The number of hydrogen-bond donors (Lipinski definition) is 2. The summed E-state index contributed by atoms with van der Waals surface area (Å²) in [4.78, 5) is 8.54. The van der Waals surface area contributed by atoms with Crippen molar-refractivity contribution in [3.8, 4) is 0 Å². The first-order valence-corrected chi connectivity index (χ1v) is 12.5. The number of nitrogens with one attached hydrogen (secondary N) is 2. The quantitative estimate of drug-likeness (QED) is 0.478. The average Bonchev–Trinajstić information content (AvgIpc) is 3.45. The standard InChI is InChI=1S/C21H31N5O2S2/c1-22-21(23-15-17-8-10-18(11-9-17)30(27,28)25(2)3)24-16-19(20-7-6-14-29-20)26-12-4-5-13-26/h6-11,14,19H,4-5,12-13,15-16H2,1-3H3,(H2,22,23,24). The van der Waals surface area contributed by atoms with Crippen LogP contribution < -0.4 is 10.6 Å². The number of sulfonamides is 1. The maximum Gasteiger partial charge on any atom is 0.242 e. The second kappa shape index (κ2) is 10.4. The van der Waals surface area contributed by atoms with Gasteiger partial charge in [-0.2, -0.15) is 0 Å². The zero-order valence-electron chi connectivity index (χ0n) is 17.8. The molecule has 7 nitrogen and oxygen atoms in total. The van der Waals surface area contributed by atoms with Gasteiger partial charge in [-0.25, -0.2) is 12.7 Å². The number of benzene rings is 1. The monoisotopic (exact) mass is 449 g/mol. The third-order valence-corrected chi connectivity index (χ3v) is 8.10. The van der Waals surface area contributed by atoms with Crippen LogP contribution in [-0.4, -0.2) is 64.4 Å². The normalized spacial score (nSPS) is 16.7. The molecule has 1 aliphatic rings. The van der Waals surface area contributed by atoms with Gasteiger partial charge in [-0.3, -0.25) is 9.89 Å². The minimum absolute atomic E-state index is 0.295. The van der Waals surface area contributed by atoms with Gasteiger partial charge in [-0.1, -0.05) is 18.2 Å². The highest BCUT2D eigenvalue weighted by Gasteiger charge is 2.24. The molecule has 1 atom stereocenters. The predicted octanol–water partition coefficient (Wildman–Crippen LogP) is 2.50. The Bertz CT molecular complexity index is 919. The van der Waals surface area contributed by atoms with Gasteiger partial charge in [0.25, 0.3) is 0 Å². The van der Waals surface area contributed by atoms with Gasteiger partial charge in [0.2, 0.25) is 10.0 Å². The molecule has 2 N–H and O–H groups in total. The van der Waals surface area contributed by atoms with Crippen LogP contribution in [0.15, 0.2) is 51.7 Å². The van der Waals surface area contributed by atoms with Crippen LogP contribution in [0.4, 0.5) is 0 Å². The van der Waals surface area contributed by atoms with Gasteiger partial charge in [0.1, 0.15) is 0 Å². The van der Waals surface area contributed by atoms with Gasteiger partial charge >= 0.3 is 0 Å². The van der Waals surface area contributed by atoms with Crippen molar-refractivity contribution in [3.63, 3.8) is 0 Å². The minimum atomic E-state index is -3.40. The lowest BCUT2D eigenvalue weighted by molar-refractivity contribution is 0.249. The molecule has 9 heteroatoms. The van der Waals surface area contributed by atoms with E-state index in [2.05, 4.69) is 38.0 Å². The summed E-state index contributed by atoms with van der Waals surface area (Å²) in [6.07, 6.45) is 2.52. The number of guanidine groups is 1. The van der Waals surface area contributed by atoms with Crippen molar-refractivity contribution in [1.82, 2.24) is 19.8 Å². The van der Waals surface area contributed by atoms with Gasteiger partial charge < -0.3 is 10.6 Å². The summed E-state index contributed by atoms with van der Waals surface area (Å²) in [6, 6.07) is 11.6. The van der Waals surface area contributed by atoms with E-state index >= 15 is 0 Å². The van der Waals surface area contributed by atoms with Crippen LogP contribution in [-0.2, 0) is 16.6 Å². The molecular formula is C21H31N5O2S2. The van der Waals surface area contributed by atoms with E-state index in [-0.39, 0.29) is 0 Å². The Morgan fingerprint density at radius 3 is 2.43 bits per heavy atom. The van der Waals surface area contributed by atoms with Crippen LogP contribution in [0.1, 0.15) is 29.3 Å². The largest absolute Gasteiger partial charge is 0.354 e. The van der Waals surface area contributed by atoms with Crippen molar-refractivity contribution in [2.24, 2.45) is 4.99 Å². The van der Waals surface area contributed by atoms with E-state index in [9.17, 15) is 8.42 Å². The summed E-state index contributed by atoms with van der Waals surface area (Å²) >= 11 is 1.80. The van der Waals surface area contributed by atoms with E-state index in [1.54, 1.807) is 30.5 Å². The zero-order chi connectivity index (χ0) is 21.6. The Kier molecular flexibility index (Phi) is 7.87. The second-order valence-corrected chi connectivity index (χ2v) is 10.6. The Morgan fingerprint density at radius 1 is 1.17 bits per heavy atom. The van der Waals surface area contributed by atoms with E-state index in [1.807, 2.05) is 12.1 Å². The Morgan fingerprint density at radius 2 is 1.87 bits per heavy atom. The molecule has 1 aromatic carbocycles. The van der Waals surface area contributed by atoms with Crippen molar-refractivity contribution >= 4 is 27.3 Å². The number of thiophene rings is 1. The molecule has 2 heterocycles. The molecule has 0 saturated carbocycles. The topological polar surface area (TPSA) is 77.0 Å². The second-order valence-electron chi connectivity index (χ2n) is 7.51. The van der Waals surface area contributed by atoms with Crippen LogP contribution in [0.5, 0.6) is 0 Å². The lowest BCUT2D eigenvalue weighted by Crippen LogP contribution is -2.42. The lowest BCUT2D eigenvalue weighted by atomic mass is 10.2. The third-order valence-electron chi connectivity index (χ3n) is 5.30. The molecule has 30 heavy (non-hydrogen) atoms. The minimum Gasteiger partial charge on any atom is -0.354 e. The molecule has 0 amide bonds. The first kappa shape index (κ1) is 22.7. The molecule has 0 aliphatic carbocycles. The number of aliphatic imine (C=N–C) groups is 1. The molecule has 3 rings (SSSR count). The van der Waals surface area contributed by atoms with E-state index in [0.29, 0.717) is 17.5 Å². The fourth-order valence-electron chi connectivity index (χ4n) is 3.53. The maximum atomic E-state index is 12.2. The summed E-state index contributed by atoms with van der Waals surface area (Å²) < 4.78 is 25.6. The highest BCUT2D eigenvalue weighted by atomic mass is 32.2. The number of rotatable bonds is 8. The third kappa shape index (κ3) is 5.60. The molecule has 0 radical (unpaired) electrons. The summed E-state index contributed by atoms with van der Waals surface area (Å²) in [7, 11) is 1.43. The van der Waals surface area contributed by atoms with E-state index < -0.39 is 10.0 Å². The Labute approximate surface area is 183 Å². The van der Waals surface area contributed by atoms with Crippen LogP contribution in [0.25, 0.3) is 0 Å². The first-order valence-electron chi connectivity index (χ1n) is 10.2. The van der Waals surface area contributed by atoms with E-state index in [1.165, 1.54) is 36.1 Å². The van der Waals surface area contributed by atoms with Crippen molar-refractivity contribution < 1.29 is 8.42 Å². The molecule has 1 unspecified atom stereocenters. The van der Waals surface area contributed by atoms with Crippen LogP contribution in [0.2, 0.25) is 0 Å². The van der Waals surface area contributed by atoms with Crippen molar-refractivity contribution in [2.75, 3.05) is 40.8 Å². The molecule has 0 bridgehead atoms. The van der Waals surface area contributed by atoms with Crippen molar-refractivity contribution in [2.45, 2.75) is 30.3 Å². The highest BCUT2D eigenvalue weighted by molar-refractivity contribution is 7.89. The smallest absolute Gasteiger partial charge is 0.242 e. The fourth-order valence-corrected chi connectivity index (χ4v) is 5.30. The lowest BCUT2D eigenvalue weighted by Gasteiger charge is -2.27. The van der Waals surface area contributed by atoms with Crippen molar-refractivity contribution in [1.29, 1.82) is 0 Å². The Balaban J connectivity index is 1.57. The van der Waals surface area contributed by atoms with Crippen LogP contribution in [0, 0.1) is 0 Å². The van der Waals surface area contributed by atoms with Gasteiger partial charge in [-0.05, 0) is 55.1 Å². The zero-order valence-corrected chi connectivity index (χ0v) is 19.5. The summed E-state index contributed by atoms with van der Waals surface area (Å²) in [5, 5.41) is 8.91. The fraction of sp³-hybridized carbons (Fsp3) is 0.476.